The number of oxime groups is 1. The third-order valence-corrected chi connectivity index (χ3v) is 8.71. The number of pyridine rings is 1. The molecule has 15 nitrogen and oxygen atoms in total. The van der Waals surface area contributed by atoms with Crippen molar-refractivity contribution in [3.05, 3.63) is 52.4 Å². The van der Waals surface area contributed by atoms with Crippen LogP contribution in [-0.4, -0.2) is 79.7 Å². The van der Waals surface area contributed by atoms with Gasteiger partial charge in [0.15, 0.2) is 29.8 Å². The lowest BCUT2D eigenvalue weighted by atomic mass is 10.0. The Morgan fingerprint density at radius 1 is 1.34 bits per heavy atom. The minimum Gasteiger partial charge on any atom is -0.543 e. The van der Waals surface area contributed by atoms with Crippen molar-refractivity contribution in [2.45, 2.75) is 57.2 Å². The predicted molar refractivity (Wildman–Crippen MR) is 157 cm³/mol. The molecule has 17 heteroatoms. The number of thioether (sulfide) groups is 1. The highest BCUT2D eigenvalue weighted by Crippen LogP contribution is 2.40. The molecule has 0 spiro atoms. The highest BCUT2D eigenvalue weighted by Gasteiger charge is 2.53. The minimum absolute atomic E-state index is 0.00187. The number of thiazole rings is 1. The van der Waals surface area contributed by atoms with E-state index in [1.807, 2.05) is 6.92 Å². The monoisotopic (exact) mass is 645 g/mol. The van der Waals surface area contributed by atoms with Gasteiger partial charge in [0.25, 0.3) is 17.7 Å². The van der Waals surface area contributed by atoms with Crippen molar-refractivity contribution in [2.24, 2.45) is 5.16 Å². The highest BCUT2D eigenvalue weighted by molar-refractivity contribution is 8.00. The Morgan fingerprint density at radius 2 is 2.09 bits per heavy atom. The van der Waals surface area contributed by atoms with Crippen molar-refractivity contribution in [3.8, 4) is 0 Å². The Hall–Kier alpha value is -4.51. The number of hydrogen-bond donors (Lipinski definition) is 4. The molecule has 2 aliphatic rings. The number of aliphatic carboxylic acids is 2. The Kier molecular flexibility index (Phi) is 9.88. The normalized spacial score (nSPS) is 18.3. The first kappa shape index (κ1) is 32.4. The molecule has 234 valence electrons. The van der Waals surface area contributed by atoms with Crippen LogP contribution in [0, 0.1) is 0 Å². The molecule has 1 fully saturated rings. The number of carboxylic acid groups (broad SMARTS) is 2. The second-order valence-corrected chi connectivity index (χ2v) is 12.4. The van der Waals surface area contributed by atoms with Crippen LogP contribution >= 0.6 is 23.1 Å². The molecule has 5 N–H and O–H groups in total. The smallest absolute Gasteiger partial charge is 0.350 e. The average molecular weight is 646 g/mol. The number of unbranched alkanes of at least 4 members (excludes halogenated alkanes) is 1. The van der Waals surface area contributed by atoms with Crippen molar-refractivity contribution in [1.82, 2.24) is 20.5 Å². The quantitative estimate of drug-likeness (QED) is 0.0696. The van der Waals surface area contributed by atoms with Gasteiger partial charge in [-0.3, -0.25) is 19.3 Å². The zero-order valence-electron chi connectivity index (χ0n) is 24.1. The van der Waals surface area contributed by atoms with Gasteiger partial charge < -0.3 is 36.2 Å². The summed E-state index contributed by atoms with van der Waals surface area (Å²) in [5, 5.41) is 31.4. The number of aromatic nitrogens is 2. The Balaban J connectivity index is 1.52. The third kappa shape index (κ3) is 6.99. The van der Waals surface area contributed by atoms with Gasteiger partial charge in [-0.25, -0.2) is 14.3 Å². The van der Waals surface area contributed by atoms with Gasteiger partial charge in [0.1, 0.15) is 22.7 Å². The summed E-state index contributed by atoms with van der Waals surface area (Å²) in [7, 11) is 0. The van der Waals surface area contributed by atoms with Crippen LogP contribution < -0.4 is 26.0 Å². The van der Waals surface area contributed by atoms with E-state index in [0.717, 1.165) is 29.1 Å². The van der Waals surface area contributed by atoms with Gasteiger partial charge in [-0.2, -0.15) is 0 Å². The van der Waals surface area contributed by atoms with Gasteiger partial charge in [-0.1, -0.05) is 18.5 Å². The number of nitrogens with one attached hydrogen (secondary N) is 2. The molecule has 2 atom stereocenters. The van der Waals surface area contributed by atoms with E-state index in [2.05, 4.69) is 20.8 Å². The predicted octanol–water partition coefficient (Wildman–Crippen LogP) is -0.769. The number of fused-ring (bicyclic) bond motifs is 1. The molecule has 0 aromatic carbocycles. The van der Waals surface area contributed by atoms with Gasteiger partial charge in [0.05, 0.1) is 11.7 Å². The van der Waals surface area contributed by atoms with E-state index in [1.54, 1.807) is 29.1 Å². The van der Waals surface area contributed by atoms with Gasteiger partial charge in [0.2, 0.25) is 5.60 Å². The molecule has 0 bridgehead atoms. The van der Waals surface area contributed by atoms with Crippen LogP contribution in [0.5, 0.6) is 0 Å². The number of nitrogen functional groups attached to an aromatic ring is 1. The van der Waals surface area contributed by atoms with Gasteiger partial charge in [0, 0.05) is 29.3 Å². The summed E-state index contributed by atoms with van der Waals surface area (Å²) >= 11 is 2.25. The molecule has 1 saturated heterocycles. The van der Waals surface area contributed by atoms with Crippen molar-refractivity contribution in [1.29, 1.82) is 0 Å². The maximum atomic E-state index is 13.3. The lowest BCUT2D eigenvalue weighted by molar-refractivity contribution is -0.689. The van der Waals surface area contributed by atoms with Crippen molar-refractivity contribution < 1.29 is 43.6 Å². The lowest BCUT2D eigenvalue weighted by Gasteiger charge is -2.50. The number of carboxylic acids is 2. The number of anilines is 1. The molecule has 2 aliphatic heterocycles. The summed E-state index contributed by atoms with van der Waals surface area (Å²) in [6, 6.07) is 2.19. The third-order valence-electron chi connectivity index (χ3n) is 6.70. The van der Waals surface area contributed by atoms with Crippen LogP contribution in [0.15, 0.2) is 46.3 Å². The van der Waals surface area contributed by atoms with Gasteiger partial charge in [-0.15, -0.1) is 23.1 Å². The fourth-order valence-corrected chi connectivity index (χ4v) is 6.14. The van der Waals surface area contributed by atoms with E-state index in [9.17, 15) is 34.2 Å². The van der Waals surface area contributed by atoms with Crippen LogP contribution in [0.1, 0.15) is 49.7 Å². The van der Waals surface area contributed by atoms with Crippen LogP contribution in [-0.2, 0) is 30.6 Å². The SMILES string of the molecule is CCCCNC(=O)c1ccc[n+](CC2=C(C(=O)[O-])N3C(=O)[C@@H](NC(=O)/C(=N\OC(C)(C)C(=O)O)c4csc(N)n4)[C@H]3SC2)c1. The molecule has 4 heterocycles. The summed E-state index contributed by atoms with van der Waals surface area (Å²) in [5.41, 5.74) is 3.99. The zero-order valence-corrected chi connectivity index (χ0v) is 25.7. The summed E-state index contributed by atoms with van der Waals surface area (Å²) in [6.45, 7) is 5.10. The molecule has 0 unspecified atom stereocenters. The van der Waals surface area contributed by atoms with E-state index < -0.39 is 46.5 Å². The number of carbonyl (C=O) groups excluding carboxylic acids is 4. The van der Waals surface area contributed by atoms with Crippen molar-refractivity contribution in [3.63, 3.8) is 0 Å². The van der Waals surface area contributed by atoms with E-state index in [0.29, 0.717) is 17.7 Å². The summed E-state index contributed by atoms with van der Waals surface area (Å²) < 4.78 is 1.65. The van der Waals surface area contributed by atoms with E-state index in [1.165, 1.54) is 31.0 Å². The first-order valence-electron chi connectivity index (χ1n) is 13.5. The number of nitrogens with zero attached hydrogens (tertiary/aromatic N) is 4. The summed E-state index contributed by atoms with van der Waals surface area (Å²) in [6.07, 6.45) is 5.05. The van der Waals surface area contributed by atoms with E-state index in [-0.39, 0.29) is 34.7 Å². The first-order valence-corrected chi connectivity index (χ1v) is 15.4. The summed E-state index contributed by atoms with van der Waals surface area (Å²) in [4.78, 5) is 72.8. The highest BCUT2D eigenvalue weighted by atomic mass is 32.2. The summed E-state index contributed by atoms with van der Waals surface area (Å²) in [5.74, 6) is -4.53. The largest absolute Gasteiger partial charge is 0.543 e. The number of nitrogens with two attached hydrogens (primary N) is 1. The topological polar surface area (TPSA) is 220 Å². The maximum absolute atomic E-state index is 13.3. The molecule has 3 amide bonds. The fourth-order valence-electron chi connectivity index (χ4n) is 4.26. The van der Waals surface area contributed by atoms with Crippen molar-refractivity contribution >= 4 is 63.6 Å². The van der Waals surface area contributed by atoms with Crippen LogP contribution in [0.25, 0.3) is 0 Å². The second-order valence-electron chi connectivity index (χ2n) is 10.4. The molecule has 2 aromatic rings. The minimum atomic E-state index is -1.78. The second kappa shape index (κ2) is 13.4. The molecular formula is C27H31N7O8S2. The number of hydrogen-bond acceptors (Lipinski definition) is 12. The molecule has 44 heavy (non-hydrogen) atoms. The number of rotatable bonds is 13. The Labute approximate surface area is 260 Å². The molecular weight excluding hydrogens is 614 g/mol. The van der Waals surface area contributed by atoms with Crippen LogP contribution in [0.3, 0.4) is 0 Å². The lowest BCUT2D eigenvalue weighted by Crippen LogP contribution is -2.71. The van der Waals surface area contributed by atoms with Crippen LogP contribution in [0.2, 0.25) is 0 Å². The van der Waals surface area contributed by atoms with Crippen molar-refractivity contribution in [2.75, 3.05) is 18.0 Å². The standard InChI is InChI=1S/C27H31N7O8S2/c1-4-5-8-29-20(35)14-7-6-9-33(10-14)11-15-12-43-23-18(22(37)34(23)19(15)24(38)39)31-21(36)17(16-13-44-26(28)30-16)32-42-27(2,3)25(40)41/h6-7,9-10,13,18,23H,4-5,8,11-12H2,1-3H3,(H5-,28,29,30,31,35,36,38,39,40,41)/b32-17-/t18-,23-/m1/s1. The van der Waals surface area contributed by atoms with Gasteiger partial charge in [-0.05, 0) is 26.3 Å². The zero-order chi connectivity index (χ0) is 32.2. The number of β-lactam (4-membered cyclic amide) rings is 1. The molecule has 0 radical (unpaired) electrons. The maximum Gasteiger partial charge on any atom is 0.350 e. The van der Waals surface area contributed by atoms with E-state index in [4.69, 9.17) is 10.6 Å². The molecule has 4 rings (SSSR count). The number of carbonyl (C=O) groups is 5. The van der Waals surface area contributed by atoms with Gasteiger partial charge >= 0.3 is 5.97 Å². The fraction of sp³-hybridized carbons (Fsp3) is 0.407. The number of amides is 3. The average Bonchev–Trinajstić information content (AvgIpc) is 3.41. The Bertz CT molecular complexity index is 1550. The molecule has 2 aromatic heterocycles. The van der Waals surface area contributed by atoms with E-state index >= 15 is 0 Å². The molecule has 0 aliphatic carbocycles. The first-order chi connectivity index (χ1) is 20.8. The van der Waals surface area contributed by atoms with Crippen LogP contribution in [0.4, 0.5) is 5.13 Å². The Morgan fingerprint density at radius 3 is 2.73 bits per heavy atom. The molecule has 0 saturated carbocycles.